The van der Waals surface area contributed by atoms with E-state index in [1.54, 1.807) is 0 Å². The van der Waals surface area contributed by atoms with Crippen LogP contribution < -0.4 is 0 Å². The fourth-order valence-corrected chi connectivity index (χ4v) is 1.07. The maximum absolute atomic E-state index is 9.60. The van der Waals surface area contributed by atoms with Gasteiger partial charge in [0.15, 0.2) is 0 Å². The predicted molar refractivity (Wildman–Crippen MR) is 56.6 cm³/mol. The van der Waals surface area contributed by atoms with Crippen molar-refractivity contribution in [3.05, 3.63) is 0 Å². The van der Waals surface area contributed by atoms with Gasteiger partial charge < -0.3 is 5.11 Å². The van der Waals surface area contributed by atoms with Crippen molar-refractivity contribution in [1.29, 1.82) is 0 Å². The molecule has 2 heteroatoms. The molecule has 0 aromatic heterocycles. The Bertz CT molecular complexity index is 197. The third-order valence-corrected chi connectivity index (χ3v) is 2.30. The molecule has 0 radical (unpaired) electrons. The molecule has 1 nitrogen and oxygen atoms in total. The van der Waals surface area contributed by atoms with Crippen LogP contribution in [0.25, 0.3) is 0 Å². The summed E-state index contributed by atoms with van der Waals surface area (Å²) in [6.07, 6.45) is -0.496. The molecule has 0 rings (SSSR count). The lowest BCUT2D eigenvalue weighted by Gasteiger charge is -2.21. The minimum Gasteiger partial charge on any atom is -0.380 e. The van der Waals surface area contributed by atoms with Crippen molar-refractivity contribution in [3.8, 4) is 11.5 Å². The molecular formula is C10H20OSi. The zero-order valence-electron chi connectivity index (χ0n) is 9.02. The van der Waals surface area contributed by atoms with Crippen molar-refractivity contribution in [3.63, 3.8) is 0 Å². The van der Waals surface area contributed by atoms with Crippen molar-refractivity contribution in [2.24, 2.45) is 5.41 Å². The van der Waals surface area contributed by atoms with Crippen LogP contribution in [-0.2, 0) is 0 Å². The molecule has 0 aliphatic heterocycles. The number of hydrogen-bond acceptors (Lipinski definition) is 1. The quantitative estimate of drug-likeness (QED) is 0.452. The van der Waals surface area contributed by atoms with E-state index in [1.165, 1.54) is 0 Å². The fourth-order valence-electron chi connectivity index (χ4n) is 0.501. The van der Waals surface area contributed by atoms with Crippen LogP contribution in [0.4, 0.5) is 0 Å². The van der Waals surface area contributed by atoms with Gasteiger partial charge in [-0.1, -0.05) is 46.3 Å². The Morgan fingerprint density at radius 1 is 1.17 bits per heavy atom. The van der Waals surface area contributed by atoms with Crippen molar-refractivity contribution >= 4 is 8.07 Å². The normalized spacial score (nSPS) is 14.9. The molecule has 0 saturated carbocycles. The minimum absolute atomic E-state index is 0.118. The van der Waals surface area contributed by atoms with E-state index >= 15 is 0 Å². The van der Waals surface area contributed by atoms with Gasteiger partial charge in [0.25, 0.3) is 0 Å². The molecule has 70 valence electrons. The summed E-state index contributed by atoms with van der Waals surface area (Å²) in [5, 5.41) is 9.60. The first-order valence-electron chi connectivity index (χ1n) is 4.34. The van der Waals surface area contributed by atoms with Gasteiger partial charge in [-0.05, 0) is 5.41 Å². The molecule has 0 amide bonds. The van der Waals surface area contributed by atoms with Crippen LogP contribution >= 0.6 is 0 Å². The fraction of sp³-hybridized carbons (Fsp3) is 0.800. The van der Waals surface area contributed by atoms with Gasteiger partial charge in [-0.25, -0.2) is 0 Å². The lowest BCUT2D eigenvalue weighted by atomic mass is 9.90. The number of aliphatic hydroxyl groups is 1. The Morgan fingerprint density at radius 3 is 1.83 bits per heavy atom. The summed E-state index contributed by atoms with van der Waals surface area (Å²) < 4.78 is 0. The standard InChI is InChI=1S/C10H20OSi/c1-10(2,3)9(11)7-8-12(4,5)6/h9,11H,1-6H3/t9-/m1/s1. The van der Waals surface area contributed by atoms with Gasteiger partial charge >= 0.3 is 0 Å². The van der Waals surface area contributed by atoms with Crippen molar-refractivity contribution < 1.29 is 5.11 Å². The SMILES string of the molecule is CC(C)(C)[C@H](O)C#C[Si](C)(C)C. The second-order valence-electron chi connectivity index (χ2n) is 5.29. The molecule has 0 aliphatic rings. The Kier molecular flexibility index (Phi) is 3.55. The van der Waals surface area contributed by atoms with E-state index in [9.17, 15) is 5.11 Å². The Hall–Kier alpha value is -0.263. The third kappa shape index (κ3) is 5.40. The summed E-state index contributed by atoms with van der Waals surface area (Å²) >= 11 is 0. The van der Waals surface area contributed by atoms with E-state index < -0.39 is 14.2 Å². The molecule has 0 bridgehead atoms. The molecule has 0 aromatic rings. The van der Waals surface area contributed by atoms with E-state index in [1.807, 2.05) is 20.8 Å². The molecule has 1 N–H and O–H groups in total. The first kappa shape index (κ1) is 11.7. The van der Waals surface area contributed by atoms with Crippen LogP contribution in [0.5, 0.6) is 0 Å². The Labute approximate surface area is 77.2 Å². The van der Waals surface area contributed by atoms with Gasteiger partial charge in [-0.2, -0.15) is 0 Å². The number of hydrogen-bond donors (Lipinski definition) is 1. The second-order valence-corrected chi connectivity index (χ2v) is 10.0. The minimum atomic E-state index is -1.32. The predicted octanol–water partition coefficient (Wildman–Crippen LogP) is 2.27. The van der Waals surface area contributed by atoms with Crippen molar-refractivity contribution in [1.82, 2.24) is 0 Å². The van der Waals surface area contributed by atoms with E-state index in [4.69, 9.17) is 0 Å². The molecule has 0 saturated heterocycles. The average molecular weight is 184 g/mol. The highest BCUT2D eigenvalue weighted by atomic mass is 28.3. The summed E-state index contributed by atoms with van der Waals surface area (Å²) in [4.78, 5) is 0. The lowest BCUT2D eigenvalue weighted by Crippen LogP contribution is -2.26. The summed E-state index contributed by atoms with van der Waals surface area (Å²) in [5.41, 5.74) is 3.05. The van der Waals surface area contributed by atoms with E-state index in [-0.39, 0.29) is 5.41 Å². The van der Waals surface area contributed by atoms with Crippen LogP contribution in [0, 0.1) is 16.9 Å². The van der Waals surface area contributed by atoms with E-state index in [0.29, 0.717) is 0 Å². The van der Waals surface area contributed by atoms with Gasteiger partial charge in [0.1, 0.15) is 14.2 Å². The molecule has 0 aliphatic carbocycles. The zero-order valence-corrected chi connectivity index (χ0v) is 10.0. The first-order valence-corrected chi connectivity index (χ1v) is 7.84. The molecular weight excluding hydrogens is 164 g/mol. The number of rotatable bonds is 0. The lowest BCUT2D eigenvalue weighted by molar-refractivity contribution is 0.114. The molecule has 12 heavy (non-hydrogen) atoms. The maximum atomic E-state index is 9.60. The summed E-state index contributed by atoms with van der Waals surface area (Å²) in [5.74, 6) is 2.93. The van der Waals surface area contributed by atoms with Crippen LogP contribution in [0.2, 0.25) is 19.6 Å². The van der Waals surface area contributed by atoms with Crippen LogP contribution in [0.3, 0.4) is 0 Å². The van der Waals surface area contributed by atoms with E-state index in [0.717, 1.165) is 0 Å². The van der Waals surface area contributed by atoms with Gasteiger partial charge in [-0.3, -0.25) is 0 Å². The highest BCUT2D eigenvalue weighted by Crippen LogP contribution is 2.18. The van der Waals surface area contributed by atoms with Gasteiger partial charge in [0.2, 0.25) is 0 Å². The second kappa shape index (κ2) is 3.63. The number of aliphatic hydroxyl groups excluding tert-OH is 1. The third-order valence-electron chi connectivity index (χ3n) is 1.40. The molecule has 0 spiro atoms. The molecule has 0 fully saturated rings. The van der Waals surface area contributed by atoms with Crippen LogP contribution in [-0.4, -0.2) is 19.3 Å². The molecule has 0 aromatic carbocycles. The van der Waals surface area contributed by atoms with Crippen LogP contribution in [0.15, 0.2) is 0 Å². The largest absolute Gasteiger partial charge is 0.380 e. The van der Waals surface area contributed by atoms with Crippen molar-refractivity contribution in [2.45, 2.75) is 46.5 Å². The molecule has 0 heterocycles. The summed E-state index contributed by atoms with van der Waals surface area (Å²) in [6, 6.07) is 0. The van der Waals surface area contributed by atoms with Gasteiger partial charge in [0, 0.05) is 0 Å². The maximum Gasteiger partial charge on any atom is 0.129 e. The zero-order chi connectivity index (χ0) is 9.99. The topological polar surface area (TPSA) is 20.2 Å². The summed E-state index contributed by atoms with van der Waals surface area (Å²) in [6.45, 7) is 12.5. The molecule has 0 unspecified atom stereocenters. The van der Waals surface area contributed by atoms with Crippen LogP contribution in [0.1, 0.15) is 20.8 Å². The monoisotopic (exact) mass is 184 g/mol. The van der Waals surface area contributed by atoms with Crippen molar-refractivity contribution in [2.75, 3.05) is 0 Å². The van der Waals surface area contributed by atoms with Gasteiger partial charge in [-0.15, -0.1) is 5.54 Å². The Balaban J connectivity index is 4.34. The smallest absolute Gasteiger partial charge is 0.129 e. The van der Waals surface area contributed by atoms with E-state index in [2.05, 4.69) is 31.1 Å². The Morgan fingerprint density at radius 2 is 1.58 bits per heavy atom. The first-order chi connectivity index (χ1) is 5.13. The molecule has 1 atom stereocenters. The van der Waals surface area contributed by atoms with Gasteiger partial charge in [0.05, 0.1) is 0 Å². The summed E-state index contributed by atoms with van der Waals surface area (Å²) in [7, 11) is -1.32. The highest BCUT2D eigenvalue weighted by molar-refractivity contribution is 6.83. The highest BCUT2D eigenvalue weighted by Gasteiger charge is 2.20. The average Bonchev–Trinajstić information content (AvgIpc) is 1.78.